The van der Waals surface area contributed by atoms with Crippen LogP contribution in [0.25, 0.3) is 23.1 Å². The van der Waals surface area contributed by atoms with E-state index in [9.17, 15) is 19.7 Å². The topological polar surface area (TPSA) is 117 Å². The van der Waals surface area contributed by atoms with Crippen molar-refractivity contribution in [2.24, 2.45) is 4.99 Å². The Balaban J connectivity index is 1.52. The minimum atomic E-state index is -0.778. The van der Waals surface area contributed by atoms with E-state index in [4.69, 9.17) is 25.7 Å². The van der Waals surface area contributed by atoms with E-state index < -0.39 is 16.9 Å². The van der Waals surface area contributed by atoms with Crippen molar-refractivity contribution in [2.45, 2.75) is 13.0 Å². The summed E-state index contributed by atoms with van der Waals surface area (Å²) in [5, 5.41) is 11.2. The Morgan fingerprint density at radius 1 is 1.09 bits per heavy atom. The van der Waals surface area contributed by atoms with Gasteiger partial charge in [0.25, 0.3) is 11.2 Å². The molecule has 0 saturated carbocycles. The van der Waals surface area contributed by atoms with E-state index in [1.807, 2.05) is 60.7 Å². The number of nitro groups is 1. The molecule has 0 unspecified atom stereocenters. The molecule has 1 aliphatic heterocycles. The highest BCUT2D eigenvalue weighted by Gasteiger charge is 2.35. The summed E-state index contributed by atoms with van der Waals surface area (Å²) in [5.74, 6) is 0.208. The van der Waals surface area contributed by atoms with Gasteiger partial charge in [-0.3, -0.25) is 19.5 Å². The van der Waals surface area contributed by atoms with E-state index in [-0.39, 0.29) is 28.4 Å². The van der Waals surface area contributed by atoms with Crippen molar-refractivity contribution in [2.75, 3.05) is 6.61 Å². The molecule has 0 saturated heterocycles. The number of fused-ring (bicyclic) bond motifs is 1. The van der Waals surface area contributed by atoms with Gasteiger partial charge in [0.05, 0.1) is 38.4 Å². The first kappa shape index (κ1) is 28.1. The number of nitrogens with zero attached hydrogens (tertiary/aromatic N) is 3. The predicted molar refractivity (Wildman–Crippen MR) is 163 cm³/mol. The standard InChI is InChI=1S/C32H22ClN3O6S/c1-2-41-31(38)27-28(19-9-5-3-6-10-19)34-32-35(29(27)20-11-7-4-8-12-20)30(37)26(43-32)18-22-14-16-25(42-22)23-15-13-21(36(39)40)17-24(23)33/h3-18,29H,2H2,1H3/b26-18-/t29-/m0/s1. The maximum atomic E-state index is 14.0. The SMILES string of the molecule is CCOC(=O)C1=C(c2ccccc2)N=c2s/c(=C\c3ccc(-c4ccc([N+](=O)[O-])cc4Cl)o3)c(=O)n2[C@H]1c1ccccc1. The second kappa shape index (κ2) is 11.7. The van der Waals surface area contributed by atoms with E-state index in [1.54, 1.807) is 25.1 Å². The van der Waals surface area contributed by atoms with Gasteiger partial charge < -0.3 is 9.15 Å². The summed E-state index contributed by atoms with van der Waals surface area (Å²) >= 11 is 7.47. The van der Waals surface area contributed by atoms with E-state index in [0.717, 1.165) is 11.1 Å². The van der Waals surface area contributed by atoms with Gasteiger partial charge in [0.2, 0.25) is 0 Å². The number of non-ortho nitro benzene ring substituents is 1. The number of ether oxygens (including phenoxy) is 1. The summed E-state index contributed by atoms with van der Waals surface area (Å²) in [4.78, 5) is 43.3. The van der Waals surface area contributed by atoms with Crippen molar-refractivity contribution in [3.05, 3.63) is 148 Å². The molecule has 214 valence electrons. The molecular formula is C32H22ClN3O6S. The fraction of sp³-hybridized carbons (Fsp3) is 0.0938. The molecule has 43 heavy (non-hydrogen) atoms. The van der Waals surface area contributed by atoms with Crippen LogP contribution in [-0.2, 0) is 9.53 Å². The number of benzene rings is 3. The highest BCUT2D eigenvalue weighted by molar-refractivity contribution is 7.07. The molecule has 0 bridgehead atoms. The Morgan fingerprint density at radius 2 is 1.81 bits per heavy atom. The number of hydrogen-bond acceptors (Lipinski definition) is 8. The van der Waals surface area contributed by atoms with Gasteiger partial charge in [0.15, 0.2) is 4.80 Å². The van der Waals surface area contributed by atoms with E-state index in [0.29, 0.717) is 32.1 Å². The highest BCUT2D eigenvalue weighted by atomic mass is 35.5. The molecule has 0 aliphatic carbocycles. The zero-order chi connectivity index (χ0) is 30.1. The van der Waals surface area contributed by atoms with Crippen LogP contribution in [0, 0.1) is 10.1 Å². The van der Waals surface area contributed by atoms with Crippen LogP contribution in [0.1, 0.15) is 29.9 Å². The molecule has 1 atom stereocenters. The number of rotatable bonds is 7. The van der Waals surface area contributed by atoms with Gasteiger partial charge in [-0.1, -0.05) is 83.6 Å². The average Bonchev–Trinajstić information content (AvgIpc) is 3.61. The second-order valence-electron chi connectivity index (χ2n) is 9.47. The fourth-order valence-electron chi connectivity index (χ4n) is 4.91. The normalized spacial score (nSPS) is 14.7. The number of furan rings is 1. The number of carbonyl (C=O) groups is 1. The maximum absolute atomic E-state index is 14.0. The molecule has 0 radical (unpaired) electrons. The minimum Gasteiger partial charge on any atom is -0.463 e. The van der Waals surface area contributed by atoms with Crippen LogP contribution in [-0.4, -0.2) is 22.1 Å². The van der Waals surface area contributed by atoms with Gasteiger partial charge in [0, 0.05) is 29.3 Å². The minimum absolute atomic E-state index is 0.133. The molecule has 5 aromatic rings. The predicted octanol–water partition coefficient (Wildman–Crippen LogP) is 5.76. The van der Waals surface area contributed by atoms with Crippen LogP contribution in [0.5, 0.6) is 0 Å². The van der Waals surface area contributed by atoms with Crippen molar-refractivity contribution in [3.8, 4) is 11.3 Å². The lowest BCUT2D eigenvalue weighted by Gasteiger charge is -2.25. The molecule has 1 aliphatic rings. The van der Waals surface area contributed by atoms with E-state index >= 15 is 0 Å². The Hall–Kier alpha value is -5.06. The smallest absolute Gasteiger partial charge is 0.338 e. The molecular weight excluding hydrogens is 590 g/mol. The Labute approximate surface area is 253 Å². The summed E-state index contributed by atoms with van der Waals surface area (Å²) < 4.78 is 13.3. The first-order valence-electron chi connectivity index (χ1n) is 13.2. The Morgan fingerprint density at radius 3 is 2.49 bits per heavy atom. The Kier molecular flexibility index (Phi) is 7.62. The third-order valence-corrected chi connectivity index (χ3v) is 8.11. The highest BCUT2D eigenvalue weighted by Crippen LogP contribution is 2.35. The Bertz CT molecular complexity index is 2080. The molecule has 2 aromatic heterocycles. The molecule has 0 spiro atoms. The number of aromatic nitrogens is 1. The van der Waals surface area contributed by atoms with E-state index in [1.165, 1.54) is 34.1 Å². The second-order valence-corrected chi connectivity index (χ2v) is 10.9. The molecule has 0 N–H and O–H groups in total. The summed E-state index contributed by atoms with van der Waals surface area (Å²) in [5.41, 5.74) is 2.16. The van der Waals surface area contributed by atoms with Crippen molar-refractivity contribution in [1.29, 1.82) is 0 Å². The first-order valence-corrected chi connectivity index (χ1v) is 14.4. The third-order valence-electron chi connectivity index (χ3n) is 6.82. The van der Waals surface area contributed by atoms with Crippen LogP contribution in [0.3, 0.4) is 0 Å². The van der Waals surface area contributed by atoms with Gasteiger partial charge in [-0.05, 0) is 30.7 Å². The molecule has 3 aromatic carbocycles. The van der Waals surface area contributed by atoms with Gasteiger partial charge in [-0.25, -0.2) is 9.79 Å². The lowest BCUT2D eigenvalue weighted by Crippen LogP contribution is -2.39. The summed E-state index contributed by atoms with van der Waals surface area (Å²) in [6.45, 7) is 1.89. The molecule has 0 amide bonds. The molecule has 0 fully saturated rings. The van der Waals surface area contributed by atoms with Crippen molar-refractivity contribution >= 4 is 46.4 Å². The van der Waals surface area contributed by atoms with Crippen molar-refractivity contribution < 1.29 is 18.9 Å². The molecule has 3 heterocycles. The number of halogens is 1. The number of esters is 1. The van der Waals surface area contributed by atoms with Crippen LogP contribution in [0.15, 0.2) is 111 Å². The van der Waals surface area contributed by atoms with Crippen LogP contribution >= 0.6 is 22.9 Å². The van der Waals surface area contributed by atoms with Crippen LogP contribution < -0.4 is 14.9 Å². The quantitative estimate of drug-likeness (QED) is 0.131. The summed E-state index contributed by atoms with van der Waals surface area (Å²) in [6.07, 6.45) is 1.60. The average molecular weight is 612 g/mol. The molecule has 6 rings (SSSR count). The summed E-state index contributed by atoms with van der Waals surface area (Å²) in [7, 11) is 0. The van der Waals surface area contributed by atoms with Crippen LogP contribution in [0.2, 0.25) is 5.02 Å². The van der Waals surface area contributed by atoms with Gasteiger partial charge in [-0.15, -0.1) is 0 Å². The zero-order valence-electron chi connectivity index (χ0n) is 22.6. The van der Waals surface area contributed by atoms with E-state index in [2.05, 4.69) is 0 Å². The molecule has 11 heteroatoms. The van der Waals surface area contributed by atoms with Crippen molar-refractivity contribution in [1.82, 2.24) is 4.57 Å². The summed E-state index contributed by atoms with van der Waals surface area (Å²) in [6, 6.07) is 25.3. The third kappa shape index (κ3) is 5.33. The van der Waals surface area contributed by atoms with Gasteiger partial charge in [0.1, 0.15) is 11.5 Å². The lowest BCUT2D eigenvalue weighted by molar-refractivity contribution is -0.384. The zero-order valence-corrected chi connectivity index (χ0v) is 24.2. The van der Waals surface area contributed by atoms with Gasteiger partial charge >= 0.3 is 5.97 Å². The van der Waals surface area contributed by atoms with Crippen LogP contribution in [0.4, 0.5) is 5.69 Å². The monoisotopic (exact) mass is 611 g/mol. The maximum Gasteiger partial charge on any atom is 0.338 e. The number of hydrogen-bond donors (Lipinski definition) is 0. The lowest BCUT2D eigenvalue weighted by atomic mass is 9.93. The largest absolute Gasteiger partial charge is 0.463 e. The number of carbonyl (C=O) groups excluding carboxylic acids is 1. The number of nitro benzene ring substituents is 1. The first-order chi connectivity index (χ1) is 20.9. The van der Waals surface area contributed by atoms with Gasteiger partial charge in [-0.2, -0.15) is 0 Å². The fourth-order valence-corrected chi connectivity index (χ4v) is 6.16. The number of thiazole rings is 1. The molecule has 9 nitrogen and oxygen atoms in total. The van der Waals surface area contributed by atoms with Crippen molar-refractivity contribution in [3.63, 3.8) is 0 Å².